The monoisotopic (exact) mass is 546 g/mol. The van der Waals surface area contributed by atoms with Gasteiger partial charge in [-0.3, -0.25) is 14.6 Å². The summed E-state index contributed by atoms with van der Waals surface area (Å²) in [4.78, 5) is 20.8. The van der Waals surface area contributed by atoms with Gasteiger partial charge in [-0.05, 0) is 36.3 Å². The number of nitrogens with zero attached hydrogens (tertiary/aromatic N) is 3. The summed E-state index contributed by atoms with van der Waals surface area (Å²) in [5, 5.41) is 0.287. The molecule has 0 radical (unpaired) electrons. The zero-order valence-electron chi connectivity index (χ0n) is 19.5. The summed E-state index contributed by atoms with van der Waals surface area (Å²) in [6.45, 7) is 2.74. The largest absolute Gasteiger partial charge is 0.572 e. The van der Waals surface area contributed by atoms with Gasteiger partial charge in [-0.1, -0.05) is 18.5 Å². The molecule has 0 saturated carbocycles. The summed E-state index contributed by atoms with van der Waals surface area (Å²) < 4.78 is 69.0. The fourth-order valence-electron chi connectivity index (χ4n) is 4.58. The molecule has 1 fully saturated rings. The summed E-state index contributed by atoms with van der Waals surface area (Å²) in [7, 11) is -3.61. The average molecular weight is 547 g/mol. The third-order valence-corrected chi connectivity index (χ3v) is 8.44. The maximum absolute atomic E-state index is 13.3. The van der Waals surface area contributed by atoms with Crippen molar-refractivity contribution in [1.82, 2.24) is 9.80 Å². The third-order valence-electron chi connectivity index (χ3n) is 6.37. The van der Waals surface area contributed by atoms with E-state index >= 15 is 0 Å². The Hall–Kier alpha value is -2.41. The summed E-state index contributed by atoms with van der Waals surface area (Å²) in [5.74, 6) is -1.99. The van der Waals surface area contributed by atoms with Crippen molar-refractivity contribution in [3.05, 3.63) is 51.9 Å². The molecule has 1 unspecified atom stereocenters. The lowest BCUT2D eigenvalue weighted by Crippen LogP contribution is -2.41. The van der Waals surface area contributed by atoms with Crippen LogP contribution in [0.1, 0.15) is 25.3 Å². The zero-order chi connectivity index (χ0) is 26.3. The highest BCUT2D eigenvalue weighted by atomic mass is 35.5. The molecule has 2 N–H and O–H groups in total. The minimum atomic E-state index is -4.92. The van der Waals surface area contributed by atoms with Crippen LogP contribution in [0, 0.1) is 5.92 Å². The number of ether oxygens (including phenoxy) is 1. The van der Waals surface area contributed by atoms with E-state index in [1.165, 1.54) is 42.4 Å². The fourth-order valence-corrected chi connectivity index (χ4v) is 5.88. The number of hydrogen-bond donors (Lipinski definition) is 1. The number of nitrogens with two attached hydrogens (primary N) is 1. The van der Waals surface area contributed by atoms with Gasteiger partial charge < -0.3 is 10.5 Å². The number of amides is 1. The number of hydrogen-bond acceptors (Lipinski definition) is 7. The molecule has 36 heavy (non-hydrogen) atoms. The van der Waals surface area contributed by atoms with Crippen molar-refractivity contribution in [1.29, 1.82) is 0 Å². The molecule has 3 aliphatic rings. The van der Waals surface area contributed by atoms with Crippen LogP contribution in [0.25, 0.3) is 0 Å². The molecule has 196 valence electrons. The fraction of sp³-hybridized carbons (Fsp3) is 0.478. The Morgan fingerprint density at radius 3 is 2.67 bits per heavy atom. The molecule has 1 aromatic rings. The molecule has 2 aliphatic heterocycles. The molecule has 2 atom stereocenters. The molecule has 0 spiro atoms. The standard InChI is InChI=1S/C23H26ClF3N4O4S/c1-2-36(33,34)21-4-3-16(24)7-15(21)11-31-13-29-19-8-14(10-30-6-5-17(28)12-30)20(35-23(25,26)27)9-18(19)22(31)32/h3-4,7-8,13,17-18H,2,5-6,9-12,28H2,1H3/t17-,18?/m1/s1. The topological polar surface area (TPSA) is 105 Å². The highest BCUT2D eigenvalue weighted by molar-refractivity contribution is 7.91. The number of rotatable bonds is 7. The van der Waals surface area contributed by atoms with Crippen molar-refractivity contribution in [2.45, 2.75) is 43.6 Å². The van der Waals surface area contributed by atoms with Crippen LogP contribution in [0.5, 0.6) is 0 Å². The van der Waals surface area contributed by atoms with E-state index in [9.17, 15) is 26.4 Å². The Balaban J connectivity index is 1.62. The minimum Gasteiger partial charge on any atom is -0.410 e. The predicted molar refractivity (Wildman–Crippen MR) is 128 cm³/mol. The number of sulfone groups is 1. The van der Waals surface area contributed by atoms with Gasteiger partial charge in [-0.15, -0.1) is 13.2 Å². The Labute approximate surface area is 212 Å². The van der Waals surface area contributed by atoms with Crippen molar-refractivity contribution in [3.8, 4) is 0 Å². The van der Waals surface area contributed by atoms with E-state index in [2.05, 4.69) is 9.73 Å². The number of allylic oxidation sites excluding steroid dienone is 1. The summed E-state index contributed by atoms with van der Waals surface area (Å²) >= 11 is 6.07. The number of aliphatic imine (C=N–C) groups is 1. The highest BCUT2D eigenvalue weighted by Gasteiger charge is 2.40. The molecule has 1 saturated heterocycles. The van der Waals surface area contributed by atoms with Crippen LogP contribution in [0.4, 0.5) is 13.2 Å². The summed E-state index contributed by atoms with van der Waals surface area (Å²) in [5.41, 5.74) is 6.85. The normalized spacial score (nSPS) is 23.2. The SMILES string of the molecule is CCS(=O)(=O)c1ccc(Cl)cc1CN1C=NC2=CC(CN3CC[C@@H](N)C3)=C(OC(F)(F)F)CC2C1=O. The van der Waals surface area contributed by atoms with Crippen molar-refractivity contribution in [2.75, 3.05) is 25.4 Å². The average Bonchev–Trinajstić information content (AvgIpc) is 3.20. The van der Waals surface area contributed by atoms with Crippen molar-refractivity contribution in [2.24, 2.45) is 16.6 Å². The molecular formula is C23H26ClF3N4O4S. The molecule has 1 amide bonds. The Kier molecular flexibility index (Phi) is 7.52. The smallest absolute Gasteiger partial charge is 0.410 e. The first-order chi connectivity index (χ1) is 16.9. The first kappa shape index (κ1) is 26.6. The molecule has 1 aliphatic carbocycles. The first-order valence-electron chi connectivity index (χ1n) is 11.4. The molecule has 2 heterocycles. The van der Waals surface area contributed by atoms with Gasteiger partial charge in [-0.2, -0.15) is 0 Å². The molecule has 0 aromatic heterocycles. The van der Waals surface area contributed by atoms with Gasteiger partial charge in [0, 0.05) is 42.7 Å². The quantitative estimate of drug-likeness (QED) is 0.563. The van der Waals surface area contributed by atoms with Gasteiger partial charge in [0.2, 0.25) is 5.91 Å². The number of carbonyl (C=O) groups excluding carboxylic acids is 1. The molecule has 0 bridgehead atoms. The number of halogens is 4. The van der Waals surface area contributed by atoms with E-state index in [-0.39, 0.29) is 47.0 Å². The summed E-state index contributed by atoms with van der Waals surface area (Å²) in [6, 6.07) is 4.23. The minimum absolute atomic E-state index is 0.0349. The van der Waals surface area contributed by atoms with E-state index in [0.29, 0.717) is 29.9 Å². The highest BCUT2D eigenvalue weighted by Crippen LogP contribution is 2.38. The molecular weight excluding hydrogens is 521 g/mol. The number of alkyl halides is 3. The number of carbonyl (C=O) groups is 1. The van der Waals surface area contributed by atoms with Crippen molar-refractivity contribution >= 4 is 33.7 Å². The lowest BCUT2D eigenvalue weighted by Gasteiger charge is -2.33. The number of benzene rings is 1. The first-order valence-corrected chi connectivity index (χ1v) is 13.4. The van der Waals surface area contributed by atoms with Gasteiger partial charge in [0.15, 0.2) is 9.84 Å². The maximum Gasteiger partial charge on any atom is 0.572 e. The van der Waals surface area contributed by atoms with Crippen LogP contribution in [-0.4, -0.2) is 68.3 Å². The van der Waals surface area contributed by atoms with Crippen LogP contribution in [-0.2, 0) is 25.9 Å². The second kappa shape index (κ2) is 10.2. The molecule has 1 aromatic carbocycles. The van der Waals surface area contributed by atoms with Crippen LogP contribution in [0.3, 0.4) is 0 Å². The Morgan fingerprint density at radius 2 is 2.03 bits per heavy atom. The van der Waals surface area contributed by atoms with Crippen LogP contribution < -0.4 is 5.73 Å². The van der Waals surface area contributed by atoms with E-state index in [0.717, 1.165) is 6.42 Å². The second-order valence-electron chi connectivity index (χ2n) is 8.97. The molecule has 8 nitrogen and oxygen atoms in total. The van der Waals surface area contributed by atoms with E-state index in [1.807, 2.05) is 4.90 Å². The van der Waals surface area contributed by atoms with Gasteiger partial charge in [0.25, 0.3) is 0 Å². The van der Waals surface area contributed by atoms with Gasteiger partial charge in [-0.25, -0.2) is 13.4 Å². The van der Waals surface area contributed by atoms with Gasteiger partial charge >= 0.3 is 6.36 Å². The van der Waals surface area contributed by atoms with Crippen molar-refractivity contribution in [3.63, 3.8) is 0 Å². The Bertz CT molecular complexity index is 1250. The number of fused-ring (bicyclic) bond motifs is 1. The van der Waals surface area contributed by atoms with Crippen LogP contribution >= 0.6 is 11.6 Å². The van der Waals surface area contributed by atoms with E-state index < -0.39 is 28.0 Å². The molecule has 13 heteroatoms. The maximum atomic E-state index is 13.3. The lowest BCUT2D eigenvalue weighted by atomic mass is 9.89. The van der Waals surface area contributed by atoms with Gasteiger partial charge in [0.1, 0.15) is 5.76 Å². The van der Waals surface area contributed by atoms with Crippen LogP contribution in [0.15, 0.2) is 51.2 Å². The van der Waals surface area contributed by atoms with Crippen LogP contribution in [0.2, 0.25) is 5.02 Å². The predicted octanol–water partition coefficient (Wildman–Crippen LogP) is 3.23. The number of likely N-dealkylation sites (tertiary alicyclic amines) is 1. The second-order valence-corrected chi connectivity index (χ2v) is 11.7. The van der Waals surface area contributed by atoms with Gasteiger partial charge in [0.05, 0.1) is 35.1 Å². The Morgan fingerprint density at radius 1 is 1.28 bits per heavy atom. The summed E-state index contributed by atoms with van der Waals surface area (Å²) in [6.07, 6.45) is -1.75. The third kappa shape index (κ3) is 5.93. The van der Waals surface area contributed by atoms with Crippen molar-refractivity contribution < 1.29 is 31.1 Å². The van der Waals surface area contributed by atoms with E-state index in [4.69, 9.17) is 17.3 Å². The molecule has 4 rings (SSSR count). The lowest BCUT2D eigenvalue weighted by molar-refractivity contribution is -0.307. The van der Waals surface area contributed by atoms with E-state index in [1.54, 1.807) is 0 Å². The zero-order valence-corrected chi connectivity index (χ0v) is 21.0.